The molecule has 2 fully saturated rings. The van der Waals surface area contributed by atoms with Gasteiger partial charge in [0, 0.05) is 51.9 Å². The lowest BCUT2D eigenvalue weighted by Crippen LogP contribution is -2.46. The van der Waals surface area contributed by atoms with Gasteiger partial charge < -0.3 is 14.7 Å². The average Bonchev–Trinajstić information content (AvgIpc) is 2.90. The van der Waals surface area contributed by atoms with Crippen molar-refractivity contribution in [3.63, 3.8) is 0 Å². The van der Waals surface area contributed by atoms with E-state index in [4.69, 9.17) is 0 Å². The molecule has 1 atom stereocenters. The highest BCUT2D eigenvalue weighted by Gasteiger charge is 2.43. The summed E-state index contributed by atoms with van der Waals surface area (Å²) < 4.78 is 0. The number of carbonyl (C=O) groups excluding carboxylic acids is 1. The molecular formula is C16H24N4O. The van der Waals surface area contributed by atoms with Gasteiger partial charge in [-0.25, -0.2) is 9.78 Å². The number of aromatic nitrogens is 1. The molecule has 0 saturated carbocycles. The Morgan fingerprint density at radius 3 is 2.81 bits per heavy atom. The number of rotatable bonds is 1. The normalized spacial score (nSPS) is 25.4. The highest BCUT2D eigenvalue weighted by molar-refractivity contribution is 5.74. The third-order valence-corrected chi connectivity index (χ3v) is 4.73. The maximum atomic E-state index is 12.1. The minimum atomic E-state index is 0.141. The van der Waals surface area contributed by atoms with E-state index in [0.717, 1.165) is 38.4 Å². The third kappa shape index (κ3) is 2.82. The lowest BCUT2D eigenvalue weighted by Gasteiger charge is -2.41. The Morgan fingerprint density at radius 1 is 1.24 bits per heavy atom. The van der Waals surface area contributed by atoms with E-state index >= 15 is 0 Å². The second-order valence-electron chi connectivity index (χ2n) is 6.56. The maximum Gasteiger partial charge on any atom is 0.319 e. The molecule has 114 valence electrons. The molecule has 5 nitrogen and oxygen atoms in total. The minimum absolute atomic E-state index is 0.141. The number of urea groups is 1. The van der Waals surface area contributed by atoms with E-state index in [0.29, 0.717) is 0 Å². The second kappa shape index (κ2) is 5.54. The van der Waals surface area contributed by atoms with Crippen LogP contribution in [-0.4, -0.2) is 61.1 Å². The van der Waals surface area contributed by atoms with Crippen molar-refractivity contribution in [2.75, 3.05) is 45.2 Å². The maximum absolute atomic E-state index is 12.1. The molecule has 5 heteroatoms. The van der Waals surface area contributed by atoms with Gasteiger partial charge in [-0.2, -0.15) is 0 Å². The summed E-state index contributed by atoms with van der Waals surface area (Å²) in [5, 5.41) is 0. The smallest absolute Gasteiger partial charge is 0.319 e. The van der Waals surface area contributed by atoms with Gasteiger partial charge in [0.2, 0.25) is 0 Å². The number of amides is 2. The molecule has 2 amide bonds. The van der Waals surface area contributed by atoms with Crippen LogP contribution in [-0.2, 0) is 0 Å². The molecule has 2 saturated heterocycles. The fraction of sp³-hybridized carbons (Fsp3) is 0.625. The lowest BCUT2D eigenvalue weighted by molar-refractivity contribution is 0.169. The van der Waals surface area contributed by atoms with E-state index in [2.05, 4.69) is 16.0 Å². The molecule has 0 aromatic carbocycles. The van der Waals surface area contributed by atoms with Crippen molar-refractivity contribution < 1.29 is 4.79 Å². The number of anilines is 1. The van der Waals surface area contributed by atoms with Gasteiger partial charge in [0.25, 0.3) is 0 Å². The molecule has 0 aliphatic carbocycles. The van der Waals surface area contributed by atoms with Crippen molar-refractivity contribution in [3.05, 3.63) is 24.4 Å². The van der Waals surface area contributed by atoms with Crippen molar-refractivity contribution >= 4 is 11.8 Å². The highest BCUT2D eigenvalue weighted by atomic mass is 16.2. The molecule has 1 aromatic rings. The van der Waals surface area contributed by atoms with E-state index in [1.165, 1.54) is 12.8 Å². The Labute approximate surface area is 126 Å². The predicted octanol–water partition coefficient (Wildman–Crippen LogP) is 2.06. The van der Waals surface area contributed by atoms with Crippen molar-refractivity contribution in [1.29, 1.82) is 0 Å². The molecular weight excluding hydrogens is 264 g/mol. The Kier molecular flexibility index (Phi) is 3.74. The molecule has 2 aliphatic rings. The number of carbonyl (C=O) groups is 1. The standard InChI is InChI=1S/C16H24N4O/c1-18(2)15(21)20-11-8-16(13-20)7-5-10-19(12-16)14-6-3-4-9-17-14/h3-4,6,9H,5,7-8,10-13H2,1-2H3/t16-/m0/s1. The van der Waals surface area contributed by atoms with Crippen LogP contribution in [0.3, 0.4) is 0 Å². The van der Waals surface area contributed by atoms with Crippen LogP contribution in [0, 0.1) is 5.41 Å². The SMILES string of the molecule is CN(C)C(=O)N1CC[C@]2(CCCN(c3ccccn3)C2)C1. The number of hydrogen-bond acceptors (Lipinski definition) is 3. The van der Waals surface area contributed by atoms with E-state index in [9.17, 15) is 4.79 Å². The molecule has 21 heavy (non-hydrogen) atoms. The van der Waals surface area contributed by atoms with E-state index < -0.39 is 0 Å². The average molecular weight is 288 g/mol. The Balaban J connectivity index is 1.70. The summed E-state index contributed by atoms with van der Waals surface area (Å²) in [6.07, 6.45) is 5.36. The molecule has 1 aromatic heterocycles. The predicted molar refractivity (Wildman–Crippen MR) is 83.4 cm³/mol. The molecule has 0 bridgehead atoms. The van der Waals surface area contributed by atoms with Crippen LogP contribution in [0.4, 0.5) is 10.6 Å². The molecule has 0 N–H and O–H groups in total. The molecule has 1 spiro atoms. The summed E-state index contributed by atoms with van der Waals surface area (Å²) in [6, 6.07) is 6.22. The quantitative estimate of drug-likeness (QED) is 0.794. The summed E-state index contributed by atoms with van der Waals surface area (Å²) in [6.45, 7) is 3.85. The first-order chi connectivity index (χ1) is 10.1. The van der Waals surface area contributed by atoms with Crippen LogP contribution in [0.5, 0.6) is 0 Å². The number of piperidine rings is 1. The fourth-order valence-electron chi connectivity index (χ4n) is 3.66. The summed E-state index contributed by atoms with van der Waals surface area (Å²) >= 11 is 0. The summed E-state index contributed by atoms with van der Waals surface area (Å²) in [5.41, 5.74) is 0.251. The van der Waals surface area contributed by atoms with Crippen LogP contribution >= 0.6 is 0 Å². The van der Waals surface area contributed by atoms with Gasteiger partial charge in [-0.15, -0.1) is 0 Å². The monoisotopic (exact) mass is 288 g/mol. The number of pyridine rings is 1. The minimum Gasteiger partial charge on any atom is -0.356 e. The zero-order valence-corrected chi connectivity index (χ0v) is 13.0. The summed E-state index contributed by atoms with van der Waals surface area (Å²) in [7, 11) is 3.66. The van der Waals surface area contributed by atoms with Gasteiger partial charge in [0.1, 0.15) is 5.82 Å². The molecule has 3 rings (SSSR count). The van der Waals surface area contributed by atoms with Crippen LogP contribution in [0.2, 0.25) is 0 Å². The van der Waals surface area contributed by atoms with E-state index in [-0.39, 0.29) is 11.4 Å². The lowest BCUT2D eigenvalue weighted by atomic mass is 9.79. The van der Waals surface area contributed by atoms with Crippen LogP contribution < -0.4 is 4.90 Å². The zero-order valence-electron chi connectivity index (χ0n) is 13.0. The van der Waals surface area contributed by atoms with Gasteiger partial charge in [0.15, 0.2) is 0 Å². The van der Waals surface area contributed by atoms with Crippen molar-refractivity contribution in [3.8, 4) is 0 Å². The number of likely N-dealkylation sites (tertiary alicyclic amines) is 1. The first-order valence-electron chi connectivity index (χ1n) is 7.72. The van der Waals surface area contributed by atoms with E-state index in [1.54, 1.807) is 4.90 Å². The van der Waals surface area contributed by atoms with Gasteiger partial charge in [0.05, 0.1) is 0 Å². The van der Waals surface area contributed by atoms with Crippen LogP contribution in [0.15, 0.2) is 24.4 Å². The molecule has 0 radical (unpaired) electrons. The number of nitrogens with zero attached hydrogens (tertiary/aromatic N) is 4. The molecule has 3 heterocycles. The van der Waals surface area contributed by atoms with Gasteiger partial charge in [-0.1, -0.05) is 6.07 Å². The second-order valence-corrected chi connectivity index (χ2v) is 6.56. The van der Waals surface area contributed by atoms with E-state index in [1.807, 2.05) is 37.3 Å². The third-order valence-electron chi connectivity index (χ3n) is 4.73. The van der Waals surface area contributed by atoms with Crippen LogP contribution in [0.1, 0.15) is 19.3 Å². The molecule has 2 aliphatic heterocycles. The highest BCUT2D eigenvalue weighted by Crippen LogP contribution is 2.40. The topological polar surface area (TPSA) is 39.7 Å². The Hall–Kier alpha value is -1.78. The zero-order chi connectivity index (χ0) is 14.9. The first-order valence-corrected chi connectivity index (χ1v) is 7.72. The van der Waals surface area contributed by atoms with Crippen molar-refractivity contribution in [2.45, 2.75) is 19.3 Å². The molecule has 0 unspecified atom stereocenters. The van der Waals surface area contributed by atoms with Crippen molar-refractivity contribution in [1.82, 2.24) is 14.8 Å². The van der Waals surface area contributed by atoms with Gasteiger partial charge in [-0.3, -0.25) is 0 Å². The van der Waals surface area contributed by atoms with Crippen LogP contribution in [0.25, 0.3) is 0 Å². The summed E-state index contributed by atoms with van der Waals surface area (Å²) in [4.78, 5) is 22.7. The van der Waals surface area contributed by atoms with Gasteiger partial charge in [-0.05, 0) is 31.4 Å². The number of hydrogen-bond donors (Lipinski definition) is 0. The Morgan fingerprint density at radius 2 is 2.10 bits per heavy atom. The van der Waals surface area contributed by atoms with Gasteiger partial charge >= 0.3 is 6.03 Å². The largest absolute Gasteiger partial charge is 0.356 e. The summed E-state index contributed by atoms with van der Waals surface area (Å²) in [5.74, 6) is 1.06. The van der Waals surface area contributed by atoms with Crippen molar-refractivity contribution in [2.24, 2.45) is 5.41 Å². The Bertz CT molecular complexity index is 504. The fourth-order valence-corrected chi connectivity index (χ4v) is 3.66. The first kappa shape index (κ1) is 14.2.